The van der Waals surface area contributed by atoms with Crippen molar-refractivity contribution in [3.05, 3.63) is 66.0 Å². The number of anilines is 2. The molecule has 30 heavy (non-hydrogen) atoms. The van der Waals surface area contributed by atoms with Gasteiger partial charge in [-0.1, -0.05) is 37.7 Å². The van der Waals surface area contributed by atoms with Gasteiger partial charge in [0.1, 0.15) is 0 Å². The lowest BCUT2D eigenvalue weighted by molar-refractivity contribution is -0.119. The minimum Gasteiger partial charge on any atom is -0.326 e. The van der Waals surface area contributed by atoms with Crippen molar-refractivity contribution in [3.8, 4) is 5.69 Å². The van der Waals surface area contributed by atoms with Crippen molar-refractivity contribution in [2.24, 2.45) is 5.92 Å². The summed E-state index contributed by atoms with van der Waals surface area (Å²) in [6.07, 6.45) is 3.65. The minimum atomic E-state index is -0.116. The van der Waals surface area contributed by atoms with Crippen LogP contribution in [-0.4, -0.2) is 27.1 Å². The van der Waals surface area contributed by atoms with Crippen molar-refractivity contribution >= 4 is 35.0 Å². The third kappa shape index (κ3) is 5.51. The molecular weight excluding hydrogens is 396 g/mol. The number of amides is 2. The second-order valence-electron chi connectivity index (χ2n) is 7.43. The Bertz CT molecular complexity index is 1040. The predicted octanol–water partition coefficient (Wildman–Crippen LogP) is 4.81. The molecule has 0 saturated carbocycles. The lowest BCUT2D eigenvalue weighted by Gasteiger charge is -2.12. The monoisotopic (exact) mass is 422 g/mol. The van der Waals surface area contributed by atoms with E-state index in [2.05, 4.69) is 47.7 Å². The van der Waals surface area contributed by atoms with Crippen LogP contribution < -0.4 is 10.6 Å². The largest absolute Gasteiger partial charge is 0.326 e. The van der Waals surface area contributed by atoms with Crippen molar-refractivity contribution in [2.75, 3.05) is 16.4 Å². The Morgan fingerprint density at radius 3 is 2.37 bits per heavy atom. The molecule has 1 heterocycles. The summed E-state index contributed by atoms with van der Waals surface area (Å²) in [5.74, 6) is 0.00262. The van der Waals surface area contributed by atoms with E-state index in [0.29, 0.717) is 11.4 Å². The third-order valence-electron chi connectivity index (χ3n) is 4.52. The zero-order valence-corrected chi connectivity index (χ0v) is 18.4. The number of carbonyl (C=O) groups excluding carboxylic acids is 2. The Kier molecular flexibility index (Phi) is 6.95. The number of hydrogen-bond acceptors (Lipinski definition) is 4. The maximum Gasteiger partial charge on any atom is 0.234 e. The number of benzene rings is 2. The van der Waals surface area contributed by atoms with Crippen molar-refractivity contribution in [3.63, 3.8) is 0 Å². The van der Waals surface area contributed by atoms with Crippen molar-refractivity contribution in [2.45, 2.75) is 32.9 Å². The first-order valence-electron chi connectivity index (χ1n) is 9.78. The SMILES string of the molecule is Cc1ccc(C)c(-n2ccnc2SCC(=O)Nc2ccc(NC(=O)C(C)C)cc2)c1. The second kappa shape index (κ2) is 9.63. The highest BCUT2D eigenvalue weighted by Crippen LogP contribution is 2.24. The summed E-state index contributed by atoms with van der Waals surface area (Å²) in [6, 6.07) is 13.4. The van der Waals surface area contributed by atoms with E-state index in [-0.39, 0.29) is 23.5 Å². The summed E-state index contributed by atoms with van der Waals surface area (Å²) in [6.45, 7) is 7.79. The molecule has 1 aromatic heterocycles. The Hall–Kier alpha value is -3.06. The van der Waals surface area contributed by atoms with Gasteiger partial charge < -0.3 is 10.6 Å². The molecular formula is C23H26N4O2S. The predicted molar refractivity (Wildman–Crippen MR) is 122 cm³/mol. The molecule has 7 heteroatoms. The molecule has 0 radical (unpaired) electrons. The molecule has 0 saturated heterocycles. The summed E-state index contributed by atoms with van der Waals surface area (Å²) < 4.78 is 2.01. The molecule has 0 atom stereocenters. The standard InChI is InChI=1S/C23H26N4O2S/c1-15(2)22(29)26-19-9-7-18(8-10-19)25-21(28)14-30-23-24-11-12-27(23)20-13-16(3)5-6-17(20)4/h5-13,15H,14H2,1-4H3,(H,25,28)(H,26,29). The van der Waals surface area contributed by atoms with E-state index in [1.165, 1.54) is 17.3 Å². The average Bonchev–Trinajstić information content (AvgIpc) is 3.18. The molecule has 0 unspecified atom stereocenters. The zero-order chi connectivity index (χ0) is 21.7. The topological polar surface area (TPSA) is 76.0 Å². The van der Waals surface area contributed by atoms with Crippen LogP contribution in [0.15, 0.2) is 60.0 Å². The van der Waals surface area contributed by atoms with Crippen molar-refractivity contribution in [1.82, 2.24) is 9.55 Å². The number of thioether (sulfide) groups is 1. The molecule has 0 fully saturated rings. The summed E-state index contributed by atoms with van der Waals surface area (Å²) in [7, 11) is 0. The first kappa shape index (κ1) is 21.6. The van der Waals surface area contributed by atoms with Gasteiger partial charge in [-0.25, -0.2) is 4.98 Å². The molecule has 3 rings (SSSR count). The van der Waals surface area contributed by atoms with Gasteiger partial charge in [0.25, 0.3) is 0 Å². The fraction of sp³-hybridized carbons (Fsp3) is 0.261. The molecule has 0 spiro atoms. The van der Waals surface area contributed by atoms with Gasteiger partial charge in [-0.3, -0.25) is 14.2 Å². The van der Waals surface area contributed by atoms with Crippen LogP contribution in [0.2, 0.25) is 0 Å². The van der Waals surface area contributed by atoms with E-state index >= 15 is 0 Å². The van der Waals surface area contributed by atoms with Crippen molar-refractivity contribution < 1.29 is 9.59 Å². The highest BCUT2D eigenvalue weighted by molar-refractivity contribution is 7.99. The zero-order valence-electron chi connectivity index (χ0n) is 17.6. The van der Waals surface area contributed by atoms with Crippen LogP contribution in [0, 0.1) is 19.8 Å². The fourth-order valence-electron chi connectivity index (χ4n) is 2.81. The van der Waals surface area contributed by atoms with Crippen LogP contribution >= 0.6 is 11.8 Å². The summed E-state index contributed by atoms with van der Waals surface area (Å²) in [4.78, 5) is 28.5. The number of aromatic nitrogens is 2. The van der Waals surface area contributed by atoms with Gasteiger partial charge in [-0.15, -0.1) is 0 Å². The molecule has 0 aliphatic carbocycles. The lowest BCUT2D eigenvalue weighted by atomic mass is 10.1. The number of nitrogens with one attached hydrogen (secondary N) is 2. The molecule has 3 aromatic rings. The van der Waals surface area contributed by atoms with Gasteiger partial charge in [-0.05, 0) is 55.3 Å². The van der Waals surface area contributed by atoms with E-state index in [9.17, 15) is 9.59 Å². The van der Waals surface area contributed by atoms with E-state index in [4.69, 9.17) is 0 Å². The molecule has 0 bridgehead atoms. The highest BCUT2D eigenvalue weighted by Gasteiger charge is 2.12. The van der Waals surface area contributed by atoms with Gasteiger partial charge in [0, 0.05) is 29.7 Å². The van der Waals surface area contributed by atoms with Crippen molar-refractivity contribution in [1.29, 1.82) is 0 Å². The number of imidazole rings is 1. The lowest BCUT2D eigenvalue weighted by Crippen LogP contribution is -2.18. The minimum absolute atomic E-state index is 0.0393. The molecule has 156 valence electrons. The average molecular weight is 423 g/mol. The van der Waals surface area contributed by atoms with Gasteiger partial charge in [0.05, 0.1) is 11.4 Å². The molecule has 2 amide bonds. The van der Waals surface area contributed by atoms with E-state index in [1.54, 1.807) is 30.5 Å². The summed E-state index contributed by atoms with van der Waals surface area (Å²) in [5, 5.41) is 6.48. The highest BCUT2D eigenvalue weighted by atomic mass is 32.2. The van der Waals surface area contributed by atoms with E-state index in [0.717, 1.165) is 16.4 Å². The second-order valence-corrected chi connectivity index (χ2v) is 8.37. The normalized spacial score (nSPS) is 10.8. The third-order valence-corrected chi connectivity index (χ3v) is 5.49. The first-order valence-corrected chi connectivity index (χ1v) is 10.8. The van der Waals surface area contributed by atoms with Crippen LogP contribution in [-0.2, 0) is 9.59 Å². The van der Waals surface area contributed by atoms with E-state index in [1.807, 2.05) is 24.6 Å². The molecule has 0 aliphatic heterocycles. The van der Waals surface area contributed by atoms with Crippen LogP contribution in [0.3, 0.4) is 0 Å². The summed E-state index contributed by atoms with van der Waals surface area (Å²) in [5.41, 5.74) is 4.77. The smallest absolute Gasteiger partial charge is 0.234 e. The summed E-state index contributed by atoms with van der Waals surface area (Å²) >= 11 is 1.39. The fourth-order valence-corrected chi connectivity index (χ4v) is 3.58. The number of rotatable bonds is 7. The van der Waals surface area contributed by atoms with E-state index < -0.39 is 0 Å². The first-order chi connectivity index (χ1) is 14.3. The van der Waals surface area contributed by atoms with Gasteiger partial charge in [-0.2, -0.15) is 0 Å². The van der Waals surface area contributed by atoms with Gasteiger partial charge in [0.15, 0.2) is 5.16 Å². The maximum absolute atomic E-state index is 12.4. The Balaban J connectivity index is 1.59. The Labute approximate surface area is 181 Å². The quantitative estimate of drug-likeness (QED) is 0.536. The number of aryl methyl sites for hydroxylation is 2. The van der Waals surface area contributed by atoms with Crippen LogP contribution in [0.25, 0.3) is 5.69 Å². The maximum atomic E-state index is 12.4. The van der Waals surface area contributed by atoms with Gasteiger partial charge >= 0.3 is 0 Å². The van der Waals surface area contributed by atoms with Crippen LogP contribution in [0.1, 0.15) is 25.0 Å². The Morgan fingerprint density at radius 1 is 1.03 bits per heavy atom. The molecule has 2 aromatic carbocycles. The Morgan fingerprint density at radius 2 is 1.70 bits per heavy atom. The van der Waals surface area contributed by atoms with Gasteiger partial charge in [0.2, 0.25) is 11.8 Å². The van der Waals surface area contributed by atoms with Crippen LogP contribution in [0.5, 0.6) is 0 Å². The molecule has 6 nitrogen and oxygen atoms in total. The van der Waals surface area contributed by atoms with Crippen LogP contribution in [0.4, 0.5) is 11.4 Å². The number of carbonyl (C=O) groups is 2. The number of hydrogen-bond donors (Lipinski definition) is 2. The molecule has 0 aliphatic rings. The molecule has 2 N–H and O–H groups in total. The number of nitrogens with zero attached hydrogens (tertiary/aromatic N) is 2.